The van der Waals surface area contributed by atoms with Gasteiger partial charge in [0.05, 0.1) is 13.3 Å². The van der Waals surface area contributed by atoms with Gasteiger partial charge in [-0.15, -0.1) is 0 Å². The molecule has 0 saturated carbocycles. The fourth-order valence-electron chi connectivity index (χ4n) is 2.42. The standard InChI is InChI=1S/C18H16N2O4/c1-22-18(21)17-9-7-13(24-17)11-23-16-8-6-12-4-2-3-5-14(12)15(16)10-20-19/h2-10H,11,19H2,1H3. The third-order valence-electron chi connectivity index (χ3n) is 3.55. The number of nitrogens with two attached hydrogens (primary N) is 1. The molecule has 0 spiro atoms. The molecule has 0 radical (unpaired) electrons. The first-order valence-corrected chi connectivity index (χ1v) is 7.27. The average Bonchev–Trinajstić information content (AvgIpc) is 3.09. The number of hydrogen-bond acceptors (Lipinski definition) is 6. The maximum Gasteiger partial charge on any atom is 0.373 e. The molecule has 0 saturated heterocycles. The van der Waals surface area contributed by atoms with Crippen molar-refractivity contribution in [1.29, 1.82) is 0 Å². The highest BCUT2D eigenvalue weighted by atomic mass is 16.5. The fourth-order valence-corrected chi connectivity index (χ4v) is 2.42. The molecule has 0 unspecified atom stereocenters. The van der Waals surface area contributed by atoms with Crippen LogP contribution in [0.4, 0.5) is 0 Å². The van der Waals surface area contributed by atoms with Crippen molar-refractivity contribution < 1.29 is 18.7 Å². The Hall–Kier alpha value is -3.28. The molecule has 3 rings (SSSR count). The molecule has 0 aliphatic heterocycles. The van der Waals surface area contributed by atoms with Crippen molar-refractivity contribution in [2.75, 3.05) is 7.11 Å². The van der Waals surface area contributed by atoms with Crippen molar-refractivity contribution in [3.05, 3.63) is 65.6 Å². The number of hydrazone groups is 1. The molecule has 0 atom stereocenters. The Morgan fingerprint density at radius 2 is 2.04 bits per heavy atom. The first-order chi connectivity index (χ1) is 11.7. The molecule has 2 N–H and O–H groups in total. The van der Waals surface area contributed by atoms with E-state index in [1.807, 2.05) is 36.4 Å². The van der Waals surface area contributed by atoms with Crippen LogP contribution in [0.2, 0.25) is 0 Å². The number of methoxy groups -OCH3 is 1. The van der Waals surface area contributed by atoms with Gasteiger partial charge in [-0.2, -0.15) is 5.10 Å². The number of fused-ring (bicyclic) bond motifs is 1. The fraction of sp³-hybridized carbons (Fsp3) is 0.111. The van der Waals surface area contributed by atoms with Crippen molar-refractivity contribution >= 4 is 23.0 Å². The first kappa shape index (κ1) is 15.6. The molecule has 0 bridgehead atoms. The third-order valence-corrected chi connectivity index (χ3v) is 3.55. The zero-order valence-electron chi connectivity index (χ0n) is 13.1. The molecule has 2 aromatic carbocycles. The molecule has 1 heterocycles. The van der Waals surface area contributed by atoms with E-state index >= 15 is 0 Å². The highest BCUT2D eigenvalue weighted by molar-refractivity contribution is 6.02. The summed E-state index contributed by atoms with van der Waals surface area (Å²) in [6.45, 7) is 0.167. The van der Waals surface area contributed by atoms with Crippen LogP contribution in [0.25, 0.3) is 10.8 Å². The second kappa shape index (κ2) is 6.87. The number of carbonyl (C=O) groups excluding carboxylic acids is 1. The summed E-state index contributed by atoms with van der Waals surface area (Å²) in [5.74, 6) is 6.07. The monoisotopic (exact) mass is 324 g/mol. The molecule has 24 heavy (non-hydrogen) atoms. The number of carbonyl (C=O) groups is 1. The summed E-state index contributed by atoms with van der Waals surface area (Å²) in [6, 6.07) is 14.9. The van der Waals surface area contributed by atoms with Crippen molar-refractivity contribution in [1.82, 2.24) is 0 Å². The van der Waals surface area contributed by atoms with Crippen LogP contribution in [-0.4, -0.2) is 19.3 Å². The highest BCUT2D eigenvalue weighted by Crippen LogP contribution is 2.27. The molecule has 1 aromatic heterocycles. The predicted molar refractivity (Wildman–Crippen MR) is 90.1 cm³/mol. The maximum absolute atomic E-state index is 11.4. The Bertz CT molecular complexity index is 899. The van der Waals surface area contributed by atoms with E-state index in [1.54, 1.807) is 18.3 Å². The Morgan fingerprint density at radius 3 is 2.83 bits per heavy atom. The second-order valence-corrected chi connectivity index (χ2v) is 5.02. The van der Waals surface area contributed by atoms with E-state index in [2.05, 4.69) is 9.84 Å². The van der Waals surface area contributed by atoms with Crippen LogP contribution in [0.15, 0.2) is 58.0 Å². The Labute approximate surface area is 138 Å². The van der Waals surface area contributed by atoms with E-state index in [-0.39, 0.29) is 12.4 Å². The summed E-state index contributed by atoms with van der Waals surface area (Å²) in [7, 11) is 1.30. The number of benzene rings is 2. The van der Waals surface area contributed by atoms with Gasteiger partial charge in [0.25, 0.3) is 0 Å². The molecule has 0 aliphatic rings. The van der Waals surface area contributed by atoms with Crippen LogP contribution < -0.4 is 10.6 Å². The quantitative estimate of drug-likeness (QED) is 0.337. The van der Waals surface area contributed by atoms with Crippen LogP contribution >= 0.6 is 0 Å². The second-order valence-electron chi connectivity index (χ2n) is 5.02. The molecule has 0 amide bonds. The summed E-state index contributed by atoms with van der Waals surface area (Å²) in [6.07, 6.45) is 1.56. The minimum atomic E-state index is -0.525. The zero-order chi connectivity index (χ0) is 16.9. The van der Waals surface area contributed by atoms with E-state index in [1.165, 1.54) is 7.11 Å². The largest absolute Gasteiger partial charge is 0.485 e. The summed E-state index contributed by atoms with van der Waals surface area (Å²) < 4.78 is 15.8. The maximum atomic E-state index is 11.4. The van der Waals surface area contributed by atoms with E-state index in [9.17, 15) is 4.79 Å². The average molecular weight is 324 g/mol. The van der Waals surface area contributed by atoms with Gasteiger partial charge in [-0.1, -0.05) is 30.3 Å². The first-order valence-electron chi connectivity index (χ1n) is 7.27. The van der Waals surface area contributed by atoms with E-state index in [4.69, 9.17) is 15.0 Å². The highest BCUT2D eigenvalue weighted by Gasteiger charge is 2.12. The Balaban J connectivity index is 1.86. The number of nitrogens with zero attached hydrogens (tertiary/aromatic N) is 1. The van der Waals surface area contributed by atoms with E-state index < -0.39 is 5.97 Å². The SMILES string of the molecule is COC(=O)c1ccc(COc2ccc3ccccc3c2C=NN)o1. The lowest BCUT2D eigenvalue weighted by atomic mass is 10.0. The van der Waals surface area contributed by atoms with Gasteiger partial charge < -0.3 is 19.7 Å². The van der Waals surface area contributed by atoms with Gasteiger partial charge in [0.2, 0.25) is 5.76 Å². The van der Waals surface area contributed by atoms with Crippen LogP contribution in [0.1, 0.15) is 21.9 Å². The van der Waals surface area contributed by atoms with Gasteiger partial charge >= 0.3 is 5.97 Å². The Kier molecular flexibility index (Phi) is 4.47. The molecule has 0 fully saturated rings. The van der Waals surface area contributed by atoms with Gasteiger partial charge in [0.15, 0.2) is 0 Å². The summed E-state index contributed by atoms with van der Waals surface area (Å²) in [5, 5.41) is 5.67. The van der Waals surface area contributed by atoms with Crippen molar-refractivity contribution in [2.45, 2.75) is 6.61 Å². The van der Waals surface area contributed by atoms with E-state index in [0.29, 0.717) is 11.5 Å². The van der Waals surface area contributed by atoms with Crippen LogP contribution in [0.5, 0.6) is 5.75 Å². The molecular formula is C18H16N2O4. The molecule has 6 nitrogen and oxygen atoms in total. The molecule has 0 aliphatic carbocycles. The van der Waals surface area contributed by atoms with E-state index in [0.717, 1.165) is 16.3 Å². The minimum absolute atomic E-state index is 0.137. The normalized spacial score (nSPS) is 11.0. The lowest BCUT2D eigenvalue weighted by molar-refractivity contribution is 0.0561. The van der Waals surface area contributed by atoms with Crippen LogP contribution in [0.3, 0.4) is 0 Å². The lowest BCUT2D eigenvalue weighted by Crippen LogP contribution is -2.00. The topological polar surface area (TPSA) is 87.0 Å². The van der Waals surface area contributed by atoms with Crippen LogP contribution in [-0.2, 0) is 11.3 Å². The van der Waals surface area contributed by atoms with Gasteiger partial charge in [0.1, 0.15) is 18.1 Å². The smallest absolute Gasteiger partial charge is 0.373 e. The number of ether oxygens (including phenoxy) is 2. The Morgan fingerprint density at radius 1 is 1.21 bits per heavy atom. The van der Waals surface area contributed by atoms with Gasteiger partial charge in [-0.25, -0.2) is 4.79 Å². The minimum Gasteiger partial charge on any atom is -0.485 e. The van der Waals surface area contributed by atoms with Gasteiger partial charge in [-0.05, 0) is 29.0 Å². The number of rotatable bonds is 5. The number of hydrogen-bond donors (Lipinski definition) is 1. The summed E-state index contributed by atoms with van der Waals surface area (Å²) >= 11 is 0. The number of esters is 1. The van der Waals surface area contributed by atoms with Gasteiger partial charge in [0, 0.05) is 5.56 Å². The third kappa shape index (κ3) is 3.08. The molecule has 6 heteroatoms. The van der Waals surface area contributed by atoms with Crippen molar-refractivity contribution in [2.24, 2.45) is 10.9 Å². The summed E-state index contributed by atoms with van der Waals surface area (Å²) in [5.41, 5.74) is 0.787. The predicted octanol–water partition coefficient (Wildman–Crippen LogP) is 3.09. The molecular weight excluding hydrogens is 308 g/mol. The van der Waals surface area contributed by atoms with Crippen molar-refractivity contribution in [3.8, 4) is 5.75 Å². The molecule has 3 aromatic rings. The summed E-state index contributed by atoms with van der Waals surface area (Å²) in [4.78, 5) is 11.4. The lowest BCUT2D eigenvalue weighted by Gasteiger charge is -2.10. The van der Waals surface area contributed by atoms with Gasteiger partial charge in [-0.3, -0.25) is 0 Å². The number of furan rings is 1. The van der Waals surface area contributed by atoms with Crippen molar-refractivity contribution in [3.63, 3.8) is 0 Å². The van der Waals surface area contributed by atoms with Crippen LogP contribution in [0, 0.1) is 0 Å². The molecule has 122 valence electrons. The zero-order valence-corrected chi connectivity index (χ0v) is 13.1.